The molecule has 0 radical (unpaired) electrons. The fourth-order valence-corrected chi connectivity index (χ4v) is 1.12. The minimum Gasteiger partial charge on any atom is -0.338 e. The summed E-state index contributed by atoms with van der Waals surface area (Å²) in [7, 11) is 4.16. The van der Waals surface area contributed by atoms with Crippen molar-refractivity contribution < 1.29 is 4.52 Å². The lowest BCUT2D eigenvalue weighted by atomic mass is 10.3. The Morgan fingerprint density at radius 1 is 1.36 bits per heavy atom. The number of rotatable bonds is 6. The van der Waals surface area contributed by atoms with Crippen LogP contribution in [0.15, 0.2) is 4.52 Å². The lowest BCUT2D eigenvalue weighted by Gasteiger charge is -2.08. The standard InChI is InChI=1S/C9H18N4O/c1-8-11-9(14-12-8)10-6-4-5-7-13(2)3/h4-7H2,1-3H3,(H,10,11,12). The zero-order valence-corrected chi connectivity index (χ0v) is 9.08. The van der Waals surface area contributed by atoms with Gasteiger partial charge < -0.3 is 14.7 Å². The molecule has 5 nitrogen and oxygen atoms in total. The van der Waals surface area contributed by atoms with Crippen LogP contribution in [0.2, 0.25) is 0 Å². The van der Waals surface area contributed by atoms with E-state index in [0.717, 1.165) is 19.5 Å². The van der Waals surface area contributed by atoms with Crippen LogP contribution in [0.4, 0.5) is 6.01 Å². The fourth-order valence-electron chi connectivity index (χ4n) is 1.12. The molecule has 0 aromatic carbocycles. The number of nitrogens with one attached hydrogen (secondary N) is 1. The highest BCUT2D eigenvalue weighted by molar-refractivity contribution is 5.17. The molecule has 1 heterocycles. The second-order valence-electron chi connectivity index (χ2n) is 3.58. The average molecular weight is 198 g/mol. The molecule has 1 aromatic heterocycles. The molecule has 5 heteroatoms. The van der Waals surface area contributed by atoms with Crippen LogP contribution in [-0.4, -0.2) is 42.2 Å². The molecule has 0 bridgehead atoms. The molecule has 0 saturated heterocycles. The third kappa shape index (κ3) is 4.23. The molecule has 0 saturated carbocycles. The summed E-state index contributed by atoms with van der Waals surface area (Å²) in [6, 6.07) is 0.521. The van der Waals surface area contributed by atoms with Crippen molar-refractivity contribution in [3.05, 3.63) is 5.82 Å². The van der Waals surface area contributed by atoms with E-state index in [9.17, 15) is 0 Å². The van der Waals surface area contributed by atoms with E-state index in [-0.39, 0.29) is 0 Å². The first-order valence-corrected chi connectivity index (χ1v) is 4.87. The van der Waals surface area contributed by atoms with Crippen molar-refractivity contribution in [1.82, 2.24) is 15.0 Å². The van der Waals surface area contributed by atoms with Gasteiger partial charge in [-0.15, -0.1) is 0 Å². The van der Waals surface area contributed by atoms with Crippen molar-refractivity contribution >= 4 is 6.01 Å². The van der Waals surface area contributed by atoms with Crippen LogP contribution in [0.1, 0.15) is 18.7 Å². The van der Waals surface area contributed by atoms with Crippen LogP contribution in [0, 0.1) is 6.92 Å². The maximum absolute atomic E-state index is 4.91. The number of anilines is 1. The molecular weight excluding hydrogens is 180 g/mol. The smallest absolute Gasteiger partial charge is 0.321 e. The Kier molecular flexibility index (Phi) is 4.39. The zero-order chi connectivity index (χ0) is 10.4. The number of unbranched alkanes of at least 4 members (excludes halogenated alkanes) is 1. The van der Waals surface area contributed by atoms with Gasteiger partial charge in [0.15, 0.2) is 5.82 Å². The van der Waals surface area contributed by atoms with Crippen LogP contribution in [-0.2, 0) is 0 Å². The fraction of sp³-hybridized carbons (Fsp3) is 0.778. The van der Waals surface area contributed by atoms with Crippen molar-refractivity contribution in [2.75, 3.05) is 32.5 Å². The third-order valence-electron chi connectivity index (χ3n) is 1.84. The van der Waals surface area contributed by atoms with E-state index >= 15 is 0 Å². The highest BCUT2D eigenvalue weighted by Gasteiger charge is 1.99. The summed E-state index contributed by atoms with van der Waals surface area (Å²) in [6.45, 7) is 3.81. The normalized spacial score (nSPS) is 10.9. The summed E-state index contributed by atoms with van der Waals surface area (Å²) < 4.78 is 4.91. The van der Waals surface area contributed by atoms with Crippen LogP contribution >= 0.6 is 0 Å². The lowest BCUT2D eigenvalue weighted by Crippen LogP contribution is -2.14. The second-order valence-corrected chi connectivity index (χ2v) is 3.58. The van der Waals surface area contributed by atoms with Gasteiger partial charge in [0.25, 0.3) is 0 Å². The molecule has 1 N–H and O–H groups in total. The average Bonchev–Trinajstić information content (AvgIpc) is 2.50. The second kappa shape index (κ2) is 5.59. The SMILES string of the molecule is Cc1noc(NCCCCN(C)C)n1. The van der Waals surface area contributed by atoms with Gasteiger partial charge in [-0.1, -0.05) is 5.16 Å². The van der Waals surface area contributed by atoms with Crippen LogP contribution in [0.3, 0.4) is 0 Å². The molecule has 14 heavy (non-hydrogen) atoms. The number of hydrogen-bond acceptors (Lipinski definition) is 5. The zero-order valence-electron chi connectivity index (χ0n) is 9.08. The van der Waals surface area contributed by atoms with E-state index in [1.54, 1.807) is 6.92 Å². The predicted molar refractivity (Wildman–Crippen MR) is 55.3 cm³/mol. The van der Waals surface area contributed by atoms with Crippen molar-refractivity contribution in [3.8, 4) is 0 Å². The summed E-state index contributed by atoms with van der Waals surface area (Å²) in [6.07, 6.45) is 2.28. The number of aryl methyl sites for hydroxylation is 1. The summed E-state index contributed by atoms with van der Waals surface area (Å²) in [5.41, 5.74) is 0. The van der Waals surface area contributed by atoms with Crippen LogP contribution < -0.4 is 5.32 Å². The topological polar surface area (TPSA) is 54.2 Å². The monoisotopic (exact) mass is 198 g/mol. The number of aromatic nitrogens is 2. The highest BCUT2D eigenvalue weighted by Crippen LogP contribution is 2.02. The van der Waals surface area contributed by atoms with Crippen molar-refractivity contribution in [1.29, 1.82) is 0 Å². The first-order valence-electron chi connectivity index (χ1n) is 4.87. The van der Waals surface area contributed by atoms with E-state index in [2.05, 4.69) is 34.5 Å². The molecule has 0 amide bonds. The van der Waals surface area contributed by atoms with Gasteiger partial charge in [-0.2, -0.15) is 4.98 Å². The van der Waals surface area contributed by atoms with E-state index in [0.29, 0.717) is 11.8 Å². The van der Waals surface area contributed by atoms with Crippen LogP contribution in [0.5, 0.6) is 0 Å². The molecular formula is C9H18N4O. The van der Waals surface area contributed by atoms with Gasteiger partial charge in [-0.25, -0.2) is 0 Å². The van der Waals surface area contributed by atoms with Gasteiger partial charge in [-0.05, 0) is 40.4 Å². The van der Waals surface area contributed by atoms with Gasteiger partial charge in [0.2, 0.25) is 0 Å². The summed E-state index contributed by atoms with van der Waals surface area (Å²) in [5.74, 6) is 0.667. The minimum atomic E-state index is 0.521. The minimum absolute atomic E-state index is 0.521. The largest absolute Gasteiger partial charge is 0.338 e. The highest BCUT2D eigenvalue weighted by atomic mass is 16.5. The molecule has 0 unspecified atom stereocenters. The number of nitrogens with zero attached hydrogens (tertiary/aromatic N) is 3. The summed E-state index contributed by atoms with van der Waals surface area (Å²) >= 11 is 0. The first-order chi connectivity index (χ1) is 6.68. The maximum atomic E-state index is 4.91. The Labute approximate surface area is 84.5 Å². The Morgan fingerprint density at radius 3 is 2.71 bits per heavy atom. The molecule has 1 rings (SSSR count). The van der Waals surface area contributed by atoms with Gasteiger partial charge >= 0.3 is 6.01 Å². The lowest BCUT2D eigenvalue weighted by molar-refractivity contribution is 0.394. The van der Waals surface area contributed by atoms with Crippen molar-refractivity contribution in [2.24, 2.45) is 0 Å². The maximum Gasteiger partial charge on any atom is 0.321 e. The molecule has 0 aliphatic carbocycles. The Hall–Kier alpha value is -1.10. The Balaban J connectivity index is 2.04. The van der Waals surface area contributed by atoms with E-state index in [1.165, 1.54) is 6.42 Å². The predicted octanol–water partition coefficient (Wildman–Crippen LogP) is 1.13. The van der Waals surface area contributed by atoms with E-state index < -0.39 is 0 Å². The van der Waals surface area contributed by atoms with Crippen molar-refractivity contribution in [2.45, 2.75) is 19.8 Å². The van der Waals surface area contributed by atoms with Crippen LogP contribution in [0.25, 0.3) is 0 Å². The van der Waals surface area contributed by atoms with E-state index in [4.69, 9.17) is 4.52 Å². The van der Waals surface area contributed by atoms with E-state index in [1.807, 2.05) is 0 Å². The van der Waals surface area contributed by atoms with Gasteiger partial charge in [0.05, 0.1) is 0 Å². The Bertz CT molecular complexity index is 259. The molecule has 0 atom stereocenters. The molecule has 1 aromatic rings. The summed E-state index contributed by atoms with van der Waals surface area (Å²) in [4.78, 5) is 6.22. The molecule has 0 aliphatic rings. The first kappa shape index (κ1) is 11.0. The molecule has 0 spiro atoms. The molecule has 0 fully saturated rings. The quantitative estimate of drug-likeness (QED) is 0.694. The van der Waals surface area contributed by atoms with Gasteiger partial charge in [0, 0.05) is 6.54 Å². The number of hydrogen-bond donors (Lipinski definition) is 1. The third-order valence-corrected chi connectivity index (χ3v) is 1.84. The van der Waals surface area contributed by atoms with Gasteiger partial charge in [-0.3, -0.25) is 0 Å². The molecule has 0 aliphatic heterocycles. The Morgan fingerprint density at radius 2 is 2.14 bits per heavy atom. The van der Waals surface area contributed by atoms with Gasteiger partial charge in [0.1, 0.15) is 0 Å². The van der Waals surface area contributed by atoms with Crippen molar-refractivity contribution in [3.63, 3.8) is 0 Å². The summed E-state index contributed by atoms with van der Waals surface area (Å²) in [5, 5.41) is 6.77. The molecule has 80 valence electrons.